The highest BCUT2D eigenvalue weighted by Gasteiger charge is 2.21. The molecule has 0 spiro atoms. The monoisotopic (exact) mass is 491 g/mol. The third-order valence-electron chi connectivity index (χ3n) is 4.38. The van der Waals surface area contributed by atoms with Crippen molar-refractivity contribution >= 4 is 40.5 Å². The summed E-state index contributed by atoms with van der Waals surface area (Å²) in [5.41, 5.74) is 12.8. The number of nitrogens with zero attached hydrogens (tertiary/aromatic N) is 1. The van der Waals surface area contributed by atoms with Crippen LogP contribution in [0.15, 0.2) is 47.5 Å². The van der Waals surface area contributed by atoms with E-state index in [0.717, 1.165) is 5.56 Å². The Morgan fingerprint density at radius 1 is 1.12 bits per heavy atom. The van der Waals surface area contributed by atoms with E-state index in [1.807, 2.05) is 0 Å². The molecule has 0 aromatic heterocycles. The number of rotatable bonds is 12. The minimum absolute atomic E-state index is 0.0942. The standard InChI is InChI=1S/C21H25N5O7S/c1-12-8-13(10-25-34(32)11-24-16(19(29)30)9-18(27)28)2-7-17(12)33-20(31)14-3-5-15(6-4-14)26-21(22)23/h2-8,16,24-25H,9-11H2,1H3,(H,27,28)(H,29,30)(H4,22,23,26)/t16-,34?/m0/s1. The van der Waals surface area contributed by atoms with E-state index in [1.165, 1.54) is 12.1 Å². The van der Waals surface area contributed by atoms with Crippen molar-refractivity contribution in [1.82, 2.24) is 10.0 Å². The lowest BCUT2D eigenvalue weighted by molar-refractivity contribution is -0.145. The molecule has 0 aliphatic carbocycles. The van der Waals surface area contributed by atoms with Gasteiger partial charge in [-0.2, -0.15) is 0 Å². The second-order valence-corrected chi connectivity index (χ2v) is 8.35. The highest BCUT2D eigenvalue weighted by molar-refractivity contribution is 7.82. The third-order valence-corrected chi connectivity index (χ3v) is 5.27. The number of benzene rings is 2. The minimum Gasteiger partial charge on any atom is -0.481 e. The molecule has 0 aliphatic heterocycles. The average molecular weight is 492 g/mol. The number of nitrogens with one attached hydrogen (secondary N) is 2. The second kappa shape index (κ2) is 12.4. The highest BCUT2D eigenvalue weighted by Crippen LogP contribution is 2.21. The Bertz CT molecular complexity index is 1100. The van der Waals surface area contributed by atoms with Crippen LogP contribution in [0.1, 0.15) is 27.9 Å². The molecular weight excluding hydrogens is 466 g/mol. The first kappa shape index (κ1) is 26.4. The number of carbonyl (C=O) groups excluding carboxylic acids is 1. The normalized spacial score (nSPS) is 12.4. The summed E-state index contributed by atoms with van der Waals surface area (Å²) >= 11 is 0. The molecule has 13 heteroatoms. The molecule has 0 bridgehead atoms. The topological polar surface area (TPSA) is 206 Å². The maximum Gasteiger partial charge on any atom is 0.343 e. The molecule has 182 valence electrons. The number of nitrogens with two attached hydrogens (primary N) is 2. The summed E-state index contributed by atoms with van der Waals surface area (Å²) in [7, 11) is -1.65. The van der Waals surface area contributed by atoms with Gasteiger partial charge in [-0.15, -0.1) is 0 Å². The van der Waals surface area contributed by atoms with Crippen molar-refractivity contribution in [2.24, 2.45) is 16.5 Å². The number of guanidine groups is 1. The van der Waals surface area contributed by atoms with Gasteiger partial charge in [0.05, 0.1) is 23.5 Å². The van der Waals surface area contributed by atoms with E-state index in [9.17, 15) is 18.6 Å². The molecule has 0 heterocycles. The molecule has 0 aliphatic rings. The van der Waals surface area contributed by atoms with Crippen LogP contribution in [0.3, 0.4) is 0 Å². The number of carbonyl (C=O) groups is 3. The third kappa shape index (κ3) is 8.61. The molecule has 2 atom stereocenters. The summed E-state index contributed by atoms with van der Waals surface area (Å²) in [6, 6.07) is 9.90. The Morgan fingerprint density at radius 3 is 2.35 bits per heavy atom. The smallest absolute Gasteiger partial charge is 0.343 e. The quantitative estimate of drug-likeness (QED) is 0.104. The molecule has 1 unspecified atom stereocenters. The molecule has 0 saturated heterocycles. The lowest BCUT2D eigenvalue weighted by Gasteiger charge is -2.13. The molecular formula is C21H25N5O7S. The van der Waals surface area contributed by atoms with Gasteiger partial charge < -0.3 is 26.4 Å². The van der Waals surface area contributed by atoms with Crippen LogP contribution < -0.4 is 26.2 Å². The molecule has 2 aromatic carbocycles. The molecule has 34 heavy (non-hydrogen) atoms. The van der Waals surface area contributed by atoms with Gasteiger partial charge in [0.1, 0.15) is 22.8 Å². The zero-order chi connectivity index (χ0) is 25.3. The number of aryl methyl sites for hydroxylation is 1. The van der Waals surface area contributed by atoms with E-state index in [4.69, 9.17) is 26.4 Å². The van der Waals surface area contributed by atoms with Crippen LogP contribution in [0.4, 0.5) is 5.69 Å². The van der Waals surface area contributed by atoms with E-state index in [1.54, 1.807) is 37.3 Å². The largest absolute Gasteiger partial charge is 0.481 e. The molecule has 12 nitrogen and oxygen atoms in total. The van der Waals surface area contributed by atoms with E-state index in [2.05, 4.69) is 15.0 Å². The van der Waals surface area contributed by atoms with Crippen molar-refractivity contribution in [2.75, 3.05) is 5.88 Å². The Labute approximate surface area is 197 Å². The number of aliphatic carboxylic acids is 2. The molecule has 8 N–H and O–H groups in total. The van der Waals surface area contributed by atoms with Crippen molar-refractivity contribution < 1.29 is 33.5 Å². The van der Waals surface area contributed by atoms with Crippen LogP contribution in [0.5, 0.6) is 5.75 Å². The zero-order valence-corrected chi connectivity index (χ0v) is 19.0. The number of aliphatic imine (C=N–C) groups is 1. The summed E-state index contributed by atoms with van der Waals surface area (Å²) in [5.74, 6) is -3.18. The fraction of sp³-hybridized carbons (Fsp3) is 0.238. The van der Waals surface area contributed by atoms with E-state index < -0.39 is 41.4 Å². The summed E-state index contributed by atoms with van der Waals surface area (Å²) in [6.45, 7) is 1.93. The summed E-state index contributed by atoms with van der Waals surface area (Å²) < 4.78 is 20.2. The van der Waals surface area contributed by atoms with Crippen LogP contribution in [-0.4, -0.2) is 50.2 Å². The summed E-state index contributed by atoms with van der Waals surface area (Å²) in [4.78, 5) is 38.0. The number of esters is 1. The minimum atomic E-state index is -1.65. The van der Waals surface area contributed by atoms with Gasteiger partial charge in [0.2, 0.25) is 0 Å². The van der Waals surface area contributed by atoms with E-state index >= 15 is 0 Å². The first-order valence-electron chi connectivity index (χ1n) is 9.86. The fourth-order valence-corrected chi connectivity index (χ4v) is 3.51. The summed E-state index contributed by atoms with van der Waals surface area (Å²) in [5, 5.41) is 20.1. The predicted octanol–water partition coefficient (Wildman–Crippen LogP) is 0.347. The van der Waals surface area contributed by atoms with Gasteiger partial charge >= 0.3 is 17.9 Å². The van der Waals surface area contributed by atoms with Crippen LogP contribution in [-0.2, 0) is 27.1 Å². The van der Waals surface area contributed by atoms with E-state index in [-0.39, 0.29) is 18.4 Å². The van der Waals surface area contributed by atoms with Gasteiger partial charge in [0, 0.05) is 6.54 Å². The predicted molar refractivity (Wildman–Crippen MR) is 125 cm³/mol. The first-order valence-corrected chi connectivity index (χ1v) is 11.2. The van der Waals surface area contributed by atoms with Crippen molar-refractivity contribution in [1.29, 1.82) is 0 Å². The zero-order valence-electron chi connectivity index (χ0n) is 18.2. The SMILES string of the molecule is Cc1cc(CNS(=O)CN[C@@H](CC(=O)O)C(=O)O)ccc1OC(=O)c1ccc(N=C(N)N)cc1. The number of ether oxygens (including phenoxy) is 1. The van der Waals surface area contributed by atoms with Crippen molar-refractivity contribution in [3.8, 4) is 5.75 Å². The van der Waals surface area contributed by atoms with Crippen molar-refractivity contribution in [3.05, 3.63) is 59.2 Å². The number of carboxylic acids is 2. The number of carboxylic acid groups (broad SMARTS) is 2. The van der Waals surface area contributed by atoms with Crippen LogP contribution in [0.2, 0.25) is 0 Å². The maximum atomic E-state index is 12.4. The average Bonchev–Trinajstić information content (AvgIpc) is 2.76. The van der Waals surface area contributed by atoms with Gasteiger partial charge in [-0.3, -0.25) is 14.9 Å². The summed E-state index contributed by atoms with van der Waals surface area (Å²) in [6.07, 6.45) is -0.633. The van der Waals surface area contributed by atoms with Crippen LogP contribution in [0.25, 0.3) is 0 Å². The molecule has 2 aromatic rings. The number of hydrogen-bond acceptors (Lipinski definition) is 7. The first-order chi connectivity index (χ1) is 16.0. The van der Waals surface area contributed by atoms with Crippen molar-refractivity contribution in [3.63, 3.8) is 0 Å². The molecule has 0 saturated carbocycles. The Balaban J connectivity index is 1.90. The highest BCUT2D eigenvalue weighted by atomic mass is 32.2. The van der Waals surface area contributed by atoms with Crippen LogP contribution in [0, 0.1) is 6.92 Å². The Morgan fingerprint density at radius 2 is 1.79 bits per heavy atom. The second-order valence-electron chi connectivity index (χ2n) is 7.08. The van der Waals surface area contributed by atoms with Gasteiger partial charge in [0.25, 0.3) is 0 Å². The fourth-order valence-electron chi connectivity index (χ4n) is 2.73. The Hall–Kier alpha value is -3.81. The van der Waals surface area contributed by atoms with Gasteiger partial charge in [-0.1, -0.05) is 12.1 Å². The van der Waals surface area contributed by atoms with Gasteiger partial charge in [0.15, 0.2) is 5.96 Å². The van der Waals surface area contributed by atoms with E-state index in [0.29, 0.717) is 22.6 Å². The van der Waals surface area contributed by atoms with Crippen molar-refractivity contribution in [2.45, 2.75) is 25.9 Å². The molecule has 2 rings (SSSR count). The Kier molecular flexibility index (Phi) is 9.67. The lowest BCUT2D eigenvalue weighted by atomic mass is 10.1. The van der Waals surface area contributed by atoms with Gasteiger partial charge in [-0.25, -0.2) is 18.7 Å². The molecule has 0 fully saturated rings. The van der Waals surface area contributed by atoms with Crippen LogP contribution >= 0.6 is 0 Å². The molecule has 0 radical (unpaired) electrons. The molecule has 0 amide bonds. The maximum absolute atomic E-state index is 12.4. The lowest BCUT2D eigenvalue weighted by Crippen LogP contribution is -2.41. The number of hydrogen-bond donors (Lipinski definition) is 6. The van der Waals surface area contributed by atoms with Gasteiger partial charge in [-0.05, 0) is 48.4 Å².